The molecule has 0 unspecified atom stereocenters. The number of benzene rings is 1. The molecule has 0 aromatic heterocycles. The van der Waals surface area contributed by atoms with Gasteiger partial charge in [0.25, 0.3) is 0 Å². The van der Waals surface area contributed by atoms with Gasteiger partial charge < -0.3 is 14.8 Å². The minimum Gasteiger partial charge on any atom is -0.490 e. The van der Waals surface area contributed by atoms with E-state index in [0.717, 1.165) is 17.9 Å². The molecule has 0 aliphatic heterocycles. The van der Waals surface area contributed by atoms with E-state index in [0.29, 0.717) is 23.4 Å². The molecular formula is C15H22ClNO2. The molecule has 0 heterocycles. The molecule has 0 amide bonds. The van der Waals surface area contributed by atoms with Gasteiger partial charge in [-0.25, -0.2) is 0 Å². The van der Waals surface area contributed by atoms with E-state index in [1.807, 2.05) is 25.1 Å². The Balaban J connectivity index is 2.78. The summed E-state index contributed by atoms with van der Waals surface area (Å²) in [4.78, 5) is 0. The molecule has 0 bridgehead atoms. The van der Waals surface area contributed by atoms with E-state index in [2.05, 4.69) is 25.7 Å². The van der Waals surface area contributed by atoms with Crippen molar-refractivity contribution >= 4 is 11.6 Å². The monoisotopic (exact) mass is 283 g/mol. The predicted molar refractivity (Wildman–Crippen MR) is 80.1 cm³/mol. The van der Waals surface area contributed by atoms with Crippen LogP contribution in [0.2, 0.25) is 0 Å². The summed E-state index contributed by atoms with van der Waals surface area (Å²) in [6, 6.07) is 6.36. The molecular weight excluding hydrogens is 262 g/mol. The highest BCUT2D eigenvalue weighted by Crippen LogP contribution is 2.29. The van der Waals surface area contributed by atoms with Gasteiger partial charge in [0, 0.05) is 17.6 Å². The van der Waals surface area contributed by atoms with Gasteiger partial charge in [-0.05, 0) is 24.6 Å². The van der Waals surface area contributed by atoms with Crippen molar-refractivity contribution in [2.45, 2.75) is 33.4 Å². The zero-order valence-corrected chi connectivity index (χ0v) is 12.6. The molecule has 1 rings (SSSR count). The van der Waals surface area contributed by atoms with Crippen LogP contribution in [0, 0.1) is 0 Å². The second-order valence-electron chi connectivity index (χ2n) is 4.56. The molecule has 1 aromatic carbocycles. The Hall–Kier alpha value is -1.19. The Morgan fingerprint density at radius 2 is 2.05 bits per heavy atom. The molecule has 0 saturated heterocycles. The van der Waals surface area contributed by atoms with Crippen molar-refractivity contribution in [1.29, 1.82) is 0 Å². The van der Waals surface area contributed by atoms with Gasteiger partial charge in [0.1, 0.15) is 6.61 Å². The highest BCUT2D eigenvalue weighted by molar-refractivity contribution is 6.29. The van der Waals surface area contributed by atoms with Gasteiger partial charge in [0.15, 0.2) is 11.5 Å². The van der Waals surface area contributed by atoms with Gasteiger partial charge in [0.2, 0.25) is 0 Å². The zero-order chi connectivity index (χ0) is 14.3. The van der Waals surface area contributed by atoms with E-state index >= 15 is 0 Å². The van der Waals surface area contributed by atoms with Gasteiger partial charge in [-0.2, -0.15) is 0 Å². The molecule has 0 fully saturated rings. The van der Waals surface area contributed by atoms with Crippen LogP contribution in [0.4, 0.5) is 0 Å². The minimum absolute atomic E-state index is 0.283. The predicted octanol–water partition coefficient (Wildman–Crippen LogP) is 3.71. The van der Waals surface area contributed by atoms with Gasteiger partial charge in [-0.1, -0.05) is 38.1 Å². The highest BCUT2D eigenvalue weighted by atomic mass is 35.5. The third kappa shape index (κ3) is 5.99. The first kappa shape index (κ1) is 15.9. The third-order valence-corrected chi connectivity index (χ3v) is 2.52. The first-order valence-electron chi connectivity index (χ1n) is 6.48. The Kier molecular flexibility index (Phi) is 6.74. The smallest absolute Gasteiger partial charge is 0.161 e. The standard InChI is InChI=1S/C15H22ClNO2/c1-5-18-15-8-13(9-17-11(2)3)6-7-14(15)19-10-12(4)16/h6-8,11,17H,4-5,9-10H2,1-3H3. The van der Waals surface area contributed by atoms with E-state index in [-0.39, 0.29) is 6.61 Å². The summed E-state index contributed by atoms with van der Waals surface area (Å²) in [6.45, 7) is 11.5. The fraction of sp³-hybridized carbons (Fsp3) is 0.467. The third-order valence-electron chi connectivity index (χ3n) is 2.41. The number of nitrogens with one attached hydrogen (secondary N) is 1. The van der Waals surface area contributed by atoms with Crippen molar-refractivity contribution in [3.8, 4) is 11.5 Å². The van der Waals surface area contributed by atoms with Gasteiger partial charge in [-0.3, -0.25) is 0 Å². The van der Waals surface area contributed by atoms with Crippen molar-refractivity contribution < 1.29 is 9.47 Å². The van der Waals surface area contributed by atoms with Crippen molar-refractivity contribution in [1.82, 2.24) is 5.32 Å². The summed E-state index contributed by atoms with van der Waals surface area (Å²) in [7, 11) is 0. The van der Waals surface area contributed by atoms with Gasteiger partial charge in [0.05, 0.1) is 6.61 Å². The van der Waals surface area contributed by atoms with Crippen molar-refractivity contribution in [3.05, 3.63) is 35.4 Å². The first-order valence-corrected chi connectivity index (χ1v) is 6.86. The Morgan fingerprint density at radius 1 is 1.32 bits per heavy atom. The molecule has 0 saturated carbocycles. The Labute approximate surface area is 120 Å². The molecule has 106 valence electrons. The van der Waals surface area contributed by atoms with Gasteiger partial charge in [-0.15, -0.1) is 0 Å². The lowest BCUT2D eigenvalue weighted by Gasteiger charge is -2.14. The fourth-order valence-corrected chi connectivity index (χ4v) is 1.58. The molecule has 0 radical (unpaired) electrons. The average Bonchev–Trinajstić information content (AvgIpc) is 2.35. The lowest BCUT2D eigenvalue weighted by Crippen LogP contribution is -2.21. The summed E-state index contributed by atoms with van der Waals surface area (Å²) < 4.78 is 11.1. The van der Waals surface area contributed by atoms with Crippen molar-refractivity contribution in [3.63, 3.8) is 0 Å². The number of hydrogen-bond donors (Lipinski definition) is 1. The lowest BCUT2D eigenvalue weighted by molar-refractivity contribution is 0.295. The minimum atomic E-state index is 0.283. The van der Waals surface area contributed by atoms with Crippen LogP contribution in [0.1, 0.15) is 26.3 Å². The summed E-state index contributed by atoms with van der Waals surface area (Å²) >= 11 is 5.70. The fourth-order valence-electron chi connectivity index (χ4n) is 1.53. The second-order valence-corrected chi connectivity index (χ2v) is 5.09. The Bertz CT molecular complexity index is 419. The number of ether oxygens (including phenoxy) is 2. The number of hydrogen-bond acceptors (Lipinski definition) is 3. The molecule has 1 N–H and O–H groups in total. The summed E-state index contributed by atoms with van der Waals surface area (Å²) in [5, 5.41) is 3.83. The Morgan fingerprint density at radius 3 is 2.63 bits per heavy atom. The van der Waals surface area contributed by atoms with Crippen LogP contribution in [0.25, 0.3) is 0 Å². The van der Waals surface area contributed by atoms with Crippen LogP contribution < -0.4 is 14.8 Å². The maximum atomic E-state index is 5.70. The summed E-state index contributed by atoms with van der Waals surface area (Å²) in [5.74, 6) is 1.43. The van der Waals surface area contributed by atoms with Crippen LogP contribution >= 0.6 is 11.6 Å². The summed E-state index contributed by atoms with van der Waals surface area (Å²) in [6.07, 6.45) is 0. The maximum absolute atomic E-state index is 5.70. The molecule has 4 heteroatoms. The van der Waals surface area contributed by atoms with Crippen LogP contribution in [-0.2, 0) is 6.54 Å². The number of halogens is 1. The van der Waals surface area contributed by atoms with E-state index in [1.165, 1.54) is 0 Å². The molecule has 19 heavy (non-hydrogen) atoms. The number of rotatable bonds is 8. The molecule has 1 aromatic rings. The van der Waals surface area contributed by atoms with Crippen molar-refractivity contribution in [2.24, 2.45) is 0 Å². The average molecular weight is 284 g/mol. The largest absolute Gasteiger partial charge is 0.490 e. The molecule has 0 spiro atoms. The van der Waals surface area contributed by atoms with Gasteiger partial charge >= 0.3 is 0 Å². The van der Waals surface area contributed by atoms with E-state index in [4.69, 9.17) is 21.1 Å². The van der Waals surface area contributed by atoms with E-state index in [9.17, 15) is 0 Å². The maximum Gasteiger partial charge on any atom is 0.161 e. The van der Waals surface area contributed by atoms with Crippen LogP contribution in [0.5, 0.6) is 11.5 Å². The first-order chi connectivity index (χ1) is 9.02. The van der Waals surface area contributed by atoms with Crippen LogP contribution in [0.15, 0.2) is 29.8 Å². The zero-order valence-electron chi connectivity index (χ0n) is 11.8. The highest BCUT2D eigenvalue weighted by Gasteiger charge is 2.07. The molecule has 0 aliphatic rings. The SMILES string of the molecule is C=C(Cl)COc1ccc(CNC(C)C)cc1OCC. The topological polar surface area (TPSA) is 30.5 Å². The lowest BCUT2D eigenvalue weighted by atomic mass is 10.2. The summed E-state index contributed by atoms with van der Waals surface area (Å²) in [5.41, 5.74) is 1.16. The van der Waals surface area contributed by atoms with Crippen molar-refractivity contribution in [2.75, 3.05) is 13.2 Å². The molecule has 0 aliphatic carbocycles. The van der Waals surface area contributed by atoms with E-state index in [1.54, 1.807) is 0 Å². The quantitative estimate of drug-likeness (QED) is 0.789. The van der Waals surface area contributed by atoms with E-state index < -0.39 is 0 Å². The second kappa shape index (κ2) is 8.08. The molecule has 0 atom stereocenters. The normalized spacial score (nSPS) is 10.6. The van der Waals surface area contributed by atoms with Crippen LogP contribution in [0.3, 0.4) is 0 Å². The molecule has 3 nitrogen and oxygen atoms in total. The van der Waals surface area contributed by atoms with Crippen LogP contribution in [-0.4, -0.2) is 19.3 Å².